The average molecular weight is 243 g/mol. The first-order chi connectivity index (χ1) is 7.78. The van der Waals surface area contributed by atoms with Gasteiger partial charge in [0.25, 0.3) is 0 Å². The molecule has 0 fully saturated rings. The minimum Gasteiger partial charge on any atom is -0.481 e. The van der Waals surface area contributed by atoms with Crippen molar-refractivity contribution in [3.05, 3.63) is 0 Å². The molecule has 0 bridgehead atoms. The van der Waals surface area contributed by atoms with Gasteiger partial charge in [-0.3, -0.25) is 9.59 Å². The summed E-state index contributed by atoms with van der Waals surface area (Å²) in [5.41, 5.74) is -0.470. The highest BCUT2D eigenvalue weighted by Crippen LogP contribution is 2.25. The Labute approximate surface area is 104 Å². The molecule has 1 N–H and O–H groups in total. The van der Waals surface area contributed by atoms with Crippen LogP contribution in [-0.4, -0.2) is 35.5 Å². The smallest absolute Gasteiger partial charge is 0.303 e. The van der Waals surface area contributed by atoms with Crippen molar-refractivity contribution in [1.29, 1.82) is 0 Å². The van der Waals surface area contributed by atoms with Crippen molar-refractivity contribution in [3.8, 4) is 0 Å². The van der Waals surface area contributed by atoms with Crippen molar-refractivity contribution in [3.63, 3.8) is 0 Å². The Bertz CT molecular complexity index is 261. The molecule has 100 valence electrons. The van der Waals surface area contributed by atoms with E-state index >= 15 is 0 Å². The first-order valence-corrected chi connectivity index (χ1v) is 6.24. The molecule has 0 rings (SSSR count). The maximum absolute atomic E-state index is 11.9. The van der Waals surface area contributed by atoms with Crippen LogP contribution in [-0.2, 0) is 9.59 Å². The van der Waals surface area contributed by atoms with E-state index in [4.69, 9.17) is 5.11 Å². The fourth-order valence-electron chi connectivity index (χ4n) is 1.74. The molecule has 17 heavy (non-hydrogen) atoms. The fourth-order valence-corrected chi connectivity index (χ4v) is 1.74. The van der Waals surface area contributed by atoms with Gasteiger partial charge in [-0.15, -0.1) is 0 Å². The summed E-state index contributed by atoms with van der Waals surface area (Å²) < 4.78 is 0. The van der Waals surface area contributed by atoms with E-state index in [1.165, 1.54) is 0 Å². The molecule has 0 heterocycles. The minimum absolute atomic E-state index is 0.0293. The van der Waals surface area contributed by atoms with Crippen molar-refractivity contribution < 1.29 is 14.7 Å². The molecule has 0 aliphatic rings. The summed E-state index contributed by atoms with van der Waals surface area (Å²) in [7, 11) is 1.79. The molecule has 4 nitrogen and oxygen atoms in total. The SMILES string of the molecule is CCCCCN(C)C(=O)CC(C)(C)CC(=O)O. The van der Waals surface area contributed by atoms with Crippen LogP contribution < -0.4 is 0 Å². The first-order valence-electron chi connectivity index (χ1n) is 6.24. The number of hydrogen-bond acceptors (Lipinski definition) is 2. The number of aliphatic carboxylic acids is 1. The Morgan fingerprint density at radius 2 is 1.76 bits per heavy atom. The third-order valence-electron chi connectivity index (χ3n) is 2.78. The van der Waals surface area contributed by atoms with Crippen molar-refractivity contribution in [2.24, 2.45) is 5.41 Å². The second kappa shape index (κ2) is 7.30. The molecule has 0 aromatic carbocycles. The van der Waals surface area contributed by atoms with Crippen molar-refractivity contribution in [2.75, 3.05) is 13.6 Å². The first kappa shape index (κ1) is 15.9. The van der Waals surface area contributed by atoms with Gasteiger partial charge in [-0.2, -0.15) is 0 Å². The molecule has 0 aromatic heterocycles. The summed E-state index contributed by atoms with van der Waals surface area (Å²) in [5, 5.41) is 8.75. The summed E-state index contributed by atoms with van der Waals surface area (Å²) >= 11 is 0. The average Bonchev–Trinajstić information content (AvgIpc) is 2.14. The van der Waals surface area contributed by atoms with Crippen molar-refractivity contribution in [2.45, 2.75) is 52.9 Å². The maximum atomic E-state index is 11.9. The van der Waals surface area contributed by atoms with E-state index in [0.29, 0.717) is 6.42 Å². The highest BCUT2D eigenvalue weighted by atomic mass is 16.4. The zero-order chi connectivity index (χ0) is 13.5. The Morgan fingerprint density at radius 3 is 2.24 bits per heavy atom. The second-order valence-electron chi connectivity index (χ2n) is 5.43. The van der Waals surface area contributed by atoms with Gasteiger partial charge in [0, 0.05) is 20.0 Å². The molecule has 0 unspecified atom stereocenters. The molecule has 1 amide bonds. The molecule has 0 spiro atoms. The van der Waals surface area contributed by atoms with Crippen LogP contribution in [0.4, 0.5) is 0 Å². The van der Waals surface area contributed by atoms with Gasteiger partial charge in [-0.1, -0.05) is 33.6 Å². The number of carbonyl (C=O) groups excluding carboxylic acids is 1. The molecule has 4 heteroatoms. The van der Waals surface area contributed by atoms with E-state index in [1.807, 2.05) is 13.8 Å². The quantitative estimate of drug-likeness (QED) is 0.666. The molecule has 0 aromatic rings. The van der Waals surface area contributed by atoms with E-state index < -0.39 is 11.4 Å². The van der Waals surface area contributed by atoms with Crippen LogP contribution in [0.1, 0.15) is 52.9 Å². The Kier molecular flexibility index (Phi) is 6.85. The van der Waals surface area contributed by atoms with E-state index in [-0.39, 0.29) is 12.3 Å². The lowest BCUT2D eigenvalue weighted by molar-refractivity contribution is -0.140. The van der Waals surface area contributed by atoms with Gasteiger partial charge in [0.05, 0.1) is 6.42 Å². The number of carbonyl (C=O) groups is 2. The lowest BCUT2D eigenvalue weighted by atomic mass is 9.85. The second-order valence-corrected chi connectivity index (χ2v) is 5.43. The Morgan fingerprint density at radius 1 is 1.18 bits per heavy atom. The summed E-state index contributed by atoms with van der Waals surface area (Å²) in [4.78, 5) is 24.2. The lowest BCUT2D eigenvalue weighted by Gasteiger charge is -2.25. The third-order valence-corrected chi connectivity index (χ3v) is 2.78. The number of unbranched alkanes of at least 4 members (excludes halogenated alkanes) is 2. The molecule has 0 aliphatic carbocycles. The van der Waals surface area contributed by atoms with Gasteiger partial charge in [0.1, 0.15) is 0 Å². The highest BCUT2D eigenvalue weighted by molar-refractivity contribution is 5.77. The van der Waals surface area contributed by atoms with Crippen LogP contribution in [0, 0.1) is 5.41 Å². The summed E-state index contributed by atoms with van der Waals surface area (Å²) in [6.07, 6.45) is 3.59. The normalized spacial score (nSPS) is 11.3. The van der Waals surface area contributed by atoms with Gasteiger partial charge < -0.3 is 10.0 Å². The molecule has 0 radical (unpaired) electrons. The van der Waals surface area contributed by atoms with E-state index in [2.05, 4.69) is 6.92 Å². The van der Waals surface area contributed by atoms with E-state index in [0.717, 1.165) is 25.8 Å². The minimum atomic E-state index is -0.851. The summed E-state index contributed by atoms with van der Waals surface area (Å²) in [5.74, 6) is -0.816. The number of carboxylic acids is 1. The lowest BCUT2D eigenvalue weighted by Crippen LogP contribution is -2.32. The maximum Gasteiger partial charge on any atom is 0.303 e. The monoisotopic (exact) mass is 243 g/mol. The van der Waals surface area contributed by atoms with Gasteiger partial charge in [0.2, 0.25) is 5.91 Å². The zero-order valence-corrected chi connectivity index (χ0v) is 11.5. The summed E-state index contributed by atoms with van der Waals surface area (Å²) in [6.45, 7) is 6.52. The predicted molar refractivity (Wildman–Crippen MR) is 67.8 cm³/mol. The molecule has 0 saturated carbocycles. The summed E-state index contributed by atoms with van der Waals surface area (Å²) in [6, 6.07) is 0. The van der Waals surface area contributed by atoms with E-state index in [9.17, 15) is 9.59 Å². The van der Waals surface area contributed by atoms with Crippen LogP contribution in [0.3, 0.4) is 0 Å². The number of carboxylic acid groups (broad SMARTS) is 1. The number of rotatable bonds is 8. The molecule has 0 aliphatic heterocycles. The number of amides is 1. The van der Waals surface area contributed by atoms with Crippen LogP contribution in [0.25, 0.3) is 0 Å². The predicted octanol–water partition coefficient (Wildman–Crippen LogP) is 2.53. The number of nitrogens with zero attached hydrogens (tertiary/aromatic N) is 1. The van der Waals surface area contributed by atoms with Crippen LogP contribution in [0.2, 0.25) is 0 Å². The molecular formula is C13H25NO3. The van der Waals surface area contributed by atoms with Gasteiger partial charge in [0.15, 0.2) is 0 Å². The van der Waals surface area contributed by atoms with Crippen LogP contribution in [0.15, 0.2) is 0 Å². The molecule has 0 atom stereocenters. The van der Waals surface area contributed by atoms with Gasteiger partial charge >= 0.3 is 5.97 Å². The van der Waals surface area contributed by atoms with Crippen LogP contribution in [0.5, 0.6) is 0 Å². The van der Waals surface area contributed by atoms with Crippen molar-refractivity contribution >= 4 is 11.9 Å². The molecular weight excluding hydrogens is 218 g/mol. The zero-order valence-electron chi connectivity index (χ0n) is 11.5. The van der Waals surface area contributed by atoms with Gasteiger partial charge in [-0.05, 0) is 11.8 Å². The van der Waals surface area contributed by atoms with Gasteiger partial charge in [-0.25, -0.2) is 0 Å². The molecule has 0 saturated heterocycles. The van der Waals surface area contributed by atoms with Crippen LogP contribution >= 0.6 is 0 Å². The fraction of sp³-hybridized carbons (Fsp3) is 0.846. The third kappa shape index (κ3) is 7.77. The standard InChI is InChI=1S/C13H25NO3/c1-5-6-7-8-14(4)11(15)9-13(2,3)10-12(16)17/h5-10H2,1-4H3,(H,16,17). The number of hydrogen-bond donors (Lipinski definition) is 1. The Balaban J connectivity index is 4.09. The topological polar surface area (TPSA) is 57.6 Å². The largest absolute Gasteiger partial charge is 0.481 e. The van der Waals surface area contributed by atoms with Crippen molar-refractivity contribution in [1.82, 2.24) is 4.90 Å². The highest BCUT2D eigenvalue weighted by Gasteiger charge is 2.26. The Hall–Kier alpha value is -1.06. The van der Waals surface area contributed by atoms with E-state index in [1.54, 1.807) is 11.9 Å².